The minimum absolute atomic E-state index is 0.421. The normalized spacial score (nSPS) is 6.83. The summed E-state index contributed by atoms with van der Waals surface area (Å²) >= 11 is 0. The van der Waals surface area contributed by atoms with Gasteiger partial charge in [0, 0.05) is 0 Å². The van der Waals surface area contributed by atoms with Gasteiger partial charge in [-0.3, -0.25) is 5.41 Å². The lowest BCUT2D eigenvalue weighted by molar-refractivity contribution is 1.22. The Kier molecular flexibility index (Phi) is 2.13. The Morgan fingerprint density at radius 2 is 2.50 bits per heavy atom. The maximum atomic E-state index is 6.71. The molecule has 0 heterocycles. The van der Waals surface area contributed by atoms with Crippen LogP contribution in [0.25, 0.3) is 0 Å². The summed E-state index contributed by atoms with van der Waals surface area (Å²) in [5, 5.41) is 9.27. The third-order valence-electron chi connectivity index (χ3n) is 0.319. The molecule has 0 aliphatic heterocycles. The standard InChI is InChI=1S/C4H8N2/c1-3-6-4(2)5/h3H,1H2,2H3,(H2,5,6). The number of nitrogens with one attached hydrogen (secondary N) is 2. The van der Waals surface area contributed by atoms with Gasteiger partial charge in [-0.1, -0.05) is 6.58 Å². The highest BCUT2D eigenvalue weighted by Crippen LogP contribution is 1.55. The molecular formula is C4H8N2. The van der Waals surface area contributed by atoms with Gasteiger partial charge in [-0.25, -0.2) is 0 Å². The van der Waals surface area contributed by atoms with Gasteiger partial charge in [0.05, 0.1) is 5.84 Å². The van der Waals surface area contributed by atoms with E-state index in [1.165, 1.54) is 6.20 Å². The van der Waals surface area contributed by atoms with Gasteiger partial charge in [0.1, 0.15) is 0 Å². The van der Waals surface area contributed by atoms with Crippen LogP contribution in [0.5, 0.6) is 0 Å². The van der Waals surface area contributed by atoms with Gasteiger partial charge in [0.15, 0.2) is 0 Å². The Labute approximate surface area is 37.4 Å². The van der Waals surface area contributed by atoms with Crippen LogP contribution in [0.15, 0.2) is 12.8 Å². The van der Waals surface area contributed by atoms with Crippen molar-refractivity contribution in [1.29, 1.82) is 5.41 Å². The largest absolute Gasteiger partial charge is 0.351 e. The third-order valence-corrected chi connectivity index (χ3v) is 0.319. The van der Waals surface area contributed by atoms with Crippen LogP contribution >= 0.6 is 0 Å². The molecule has 0 saturated carbocycles. The SMILES string of the molecule is C=CNC(C)=N. The minimum Gasteiger partial charge on any atom is -0.351 e. The molecule has 0 aliphatic carbocycles. The molecular weight excluding hydrogens is 76.1 g/mol. The first-order valence-corrected chi connectivity index (χ1v) is 1.70. The summed E-state index contributed by atoms with van der Waals surface area (Å²) in [4.78, 5) is 0. The van der Waals surface area contributed by atoms with Crippen LogP contribution in [0.4, 0.5) is 0 Å². The molecule has 0 amide bonds. The predicted octanol–water partition coefficient (Wildman–Crippen LogP) is 0.717. The second-order valence-corrected chi connectivity index (χ2v) is 0.973. The van der Waals surface area contributed by atoms with Gasteiger partial charge < -0.3 is 5.32 Å². The molecule has 0 fully saturated rings. The predicted molar refractivity (Wildman–Crippen MR) is 26.7 cm³/mol. The zero-order valence-corrected chi connectivity index (χ0v) is 3.78. The van der Waals surface area contributed by atoms with E-state index >= 15 is 0 Å². The van der Waals surface area contributed by atoms with E-state index in [-0.39, 0.29) is 0 Å². The zero-order chi connectivity index (χ0) is 4.99. The summed E-state index contributed by atoms with van der Waals surface area (Å²) in [7, 11) is 0. The third kappa shape index (κ3) is 3.21. The van der Waals surface area contributed by atoms with Crippen molar-refractivity contribution in [3.8, 4) is 0 Å². The summed E-state index contributed by atoms with van der Waals surface area (Å²) in [6.45, 7) is 5.00. The molecule has 0 saturated heterocycles. The van der Waals surface area contributed by atoms with Crippen molar-refractivity contribution in [3.63, 3.8) is 0 Å². The second kappa shape index (κ2) is 2.45. The van der Waals surface area contributed by atoms with Gasteiger partial charge in [-0.2, -0.15) is 0 Å². The van der Waals surface area contributed by atoms with Gasteiger partial charge in [0.2, 0.25) is 0 Å². The van der Waals surface area contributed by atoms with Crippen LogP contribution in [0, 0.1) is 5.41 Å². The van der Waals surface area contributed by atoms with E-state index < -0.39 is 0 Å². The van der Waals surface area contributed by atoms with E-state index in [4.69, 9.17) is 5.41 Å². The lowest BCUT2D eigenvalue weighted by Crippen LogP contribution is -2.09. The molecule has 0 aromatic carbocycles. The molecule has 0 spiro atoms. The number of amidine groups is 1. The van der Waals surface area contributed by atoms with Crippen LogP contribution in [0.1, 0.15) is 6.92 Å². The molecule has 34 valence electrons. The van der Waals surface area contributed by atoms with Crippen LogP contribution in [0.3, 0.4) is 0 Å². The lowest BCUT2D eigenvalue weighted by atomic mass is 10.7. The van der Waals surface area contributed by atoms with E-state index in [1.807, 2.05) is 0 Å². The monoisotopic (exact) mass is 84.1 g/mol. The summed E-state index contributed by atoms with van der Waals surface area (Å²) in [5.74, 6) is 0.421. The Morgan fingerprint density at radius 3 is 2.50 bits per heavy atom. The molecule has 2 nitrogen and oxygen atoms in total. The van der Waals surface area contributed by atoms with Crippen molar-refractivity contribution in [2.45, 2.75) is 6.92 Å². The fourth-order valence-electron chi connectivity index (χ4n) is 0.153. The minimum atomic E-state index is 0.421. The Hall–Kier alpha value is -0.790. The Balaban J connectivity index is 3.05. The molecule has 6 heavy (non-hydrogen) atoms. The fourth-order valence-corrected chi connectivity index (χ4v) is 0.153. The topological polar surface area (TPSA) is 35.9 Å². The highest BCUT2D eigenvalue weighted by Gasteiger charge is 1.69. The van der Waals surface area contributed by atoms with Crippen molar-refractivity contribution in [2.24, 2.45) is 0 Å². The van der Waals surface area contributed by atoms with Crippen molar-refractivity contribution >= 4 is 5.84 Å². The van der Waals surface area contributed by atoms with Crippen molar-refractivity contribution in [1.82, 2.24) is 5.32 Å². The molecule has 2 N–H and O–H groups in total. The van der Waals surface area contributed by atoms with Crippen LogP contribution in [-0.2, 0) is 0 Å². The average Bonchev–Trinajstić information content (AvgIpc) is 1.35. The average molecular weight is 84.1 g/mol. The highest BCUT2D eigenvalue weighted by molar-refractivity contribution is 5.76. The summed E-state index contributed by atoms with van der Waals surface area (Å²) in [5.41, 5.74) is 0. The van der Waals surface area contributed by atoms with Crippen LogP contribution in [-0.4, -0.2) is 5.84 Å². The Bertz CT molecular complexity index is 65.9. The maximum Gasteiger partial charge on any atom is 0.0939 e. The molecule has 0 unspecified atom stereocenters. The van der Waals surface area contributed by atoms with E-state index in [9.17, 15) is 0 Å². The summed E-state index contributed by atoms with van der Waals surface area (Å²) in [6, 6.07) is 0. The maximum absolute atomic E-state index is 6.71. The van der Waals surface area contributed by atoms with Crippen LogP contribution in [0.2, 0.25) is 0 Å². The first kappa shape index (κ1) is 5.21. The number of hydrogen-bond donors (Lipinski definition) is 2. The highest BCUT2D eigenvalue weighted by atomic mass is 14.9. The van der Waals surface area contributed by atoms with Gasteiger partial charge in [-0.15, -0.1) is 0 Å². The fraction of sp³-hybridized carbons (Fsp3) is 0.250. The molecule has 0 bridgehead atoms. The molecule has 0 radical (unpaired) electrons. The molecule has 2 heteroatoms. The van der Waals surface area contributed by atoms with E-state index in [0.29, 0.717) is 5.84 Å². The Morgan fingerprint density at radius 1 is 2.00 bits per heavy atom. The van der Waals surface area contributed by atoms with Gasteiger partial charge in [-0.05, 0) is 13.1 Å². The number of rotatable bonds is 1. The van der Waals surface area contributed by atoms with Crippen molar-refractivity contribution in [3.05, 3.63) is 12.8 Å². The summed E-state index contributed by atoms with van der Waals surface area (Å²) < 4.78 is 0. The second-order valence-electron chi connectivity index (χ2n) is 0.973. The first-order valence-electron chi connectivity index (χ1n) is 1.70. The van der Waals surface area contributed by atoms with Gasteiger partial charge >= 0.3 is 0 Å². The van der Waals surface area contributed by atoms with Crippen LogP contribution < -0.4 is 5.32 Å². The zero-order valence-electron chi connectivity index (χ0n) is 3.78. The molecule has 0 aromatic heterocycles. The molecule has 0 aromatic rings. The molecule has 0 rings (SSSR count). The number of hydrogen-bond acceptors (Lipinski definition) is 1. The van der Waals surface area contributed by atoms with Crippen molar-refractivity contribution < 1.29 is 0 Å². The van der Waals surface area contributed by atoms with E-state index in [1.54, 1.807) is 6.92 Å². The van der Waals surface area contributed by atoms with E-state index in [2.05, 4.69) is 11.9 Å². The lowest BCUT2D eigenvalue weighted by Gasteiger charge is -1.87. The van der Waals surface area contributed by atoms with E-state index in [0.717, 1.165) is 0 Å². The molecule has 0 atom stereocenters. The van der Waals surface area contributed by atoms with Crippen molar-refractivity contribution in [2.75, 3.05) is 0 Å². The first-order chi connectivity index (χ1) is 2.77. The molecule has 0 aliphatic rings. The van der Waals surface area contributed by atoms with Gasteiger partial charge in [0.25, 0.3) is 0 Å². The summed E-state index contributed by atoms with van der Waals surface area (Å²) in [6.07, 6.45) is 1.47. The smallest absolute Gasteiger partial charge is 0.0939 e. The quantitative estimate of drug-likeness (QED) is 0.356.